The molecule has 0 radical (unpaired) electrons. The predicted octanol–water partition coefficient (Wildman–Crippen LogP) is 0.759. The first-order valence-corrected chi connectivity index (χ1v) is 8.30. The van der Waals surface area contributed by atoms with Gasteiger partial charge >= 0.3 is 11.9 Å². The molecule has 0 aromatic heterocycles. The van der Waals surface area contributed by atoms with E-state index >= 15 is 0 Å². The van der Waals surface area contributed by atoms with Crippen LogP contribution in [0.5, 0.6) is 0 Å². The van der Waals surface area contributed by atoms with Crippen LogP contribution >= 0.6 is 0 Å². The van der Waals surface area contributed by atoms with Crippen molar-refractivity contribution >= 4 is 11.9 Å². The van der Waals surface area contributed by atoms with Gasteiger partial charge in [0, 0.05) is 6.08 Å². The summed E-state index contributed by atoms with van der Waals surface area (Å²) in [6, 6.07) is 8.47. The molecular weight excluding hydrogens is 340 g/mol. The number of fused-ring (bicyclic) bond motifs is 1. The van der Waals surface area contributed by atoms with Crippen molar-refractivity contribution in [2.24, 2.45) is 0 Å². The molecule has 2 aliphatic rings. The largest absolute Gasteiger partial charge is 0.456 e. The molecule has 7 heteroatoms. The molecule has 1 fully saturated rings. The molecule has 0 saturated carbocycles. The van der Waals surface area contributed by atoms with Crippen LogP contribution in [-0.2, 0) is 19.0 Å². The molecule has 2 N–H and O–H groups in total. The Balaban J connectivity index is 1.56. The van der Waals surface area contributed by atoms with Gasteiger partial charge in [-0.1, -0.05) is 30.4 Å². The summed E-state index contributed by atoms with van der Waals surface area (Å²) < 4.78 is 15.9. The van der Waals surface area contributed by atoms with E-state index in [9.17, 15) is 19.8 Å². The Labute approximate surface area is 150 Å². The molecule has 1 aromatic carbocycles. The van der Waals surface area contributed by atoms with Crippen molar-refractivity contribution in [3.8, 4) is 0 Å². The summed E-state index contributed by atoms with van der Waals surface area (Å²) in [5.74, 6) is -1.06. The molecule has 0 amide bonds. The van der Waals surface area contributed by atoms with E-state index < -0.39 is 48.6 Å². The van der Waals surface area contributed by atoms with Gasteiger partial charge in [0.15, 0.2) is 6.10 Å². The average molecular weight is 360 g/mol. The smallest absolute Gasteiger partial charge is 0.338 e. The zero-order chi connectivity index (χ0) is 18.7. The molecule has 1 saturated heterocycles. The summed E-state index contributed by atoms with van der Waals surface area (Å²) in [5, 5.41) is 20.4. The van der Waals surface area contributed by atoms with Crippen LogP contribution in [-0.4, -0.2) is 58.8 Å². The SMILES string of the molecule is C[C@@H](OC(=O)c1ccccc1)[C@@H](O)C=C[C@@H]1O[C@@H]2C=CC(=O)O[C@@H]2[C@@H]1O. The highest BCUT2D eigenvalue weighted by Crippen LogP contribution is 2.28. The summed E-state index contributed by atoms with van der Waals surface area (Å²) in [5.41, 5.74) is 0.391. The minimum Gasteiger partial charge on any atom is -0.456 e. The molecule has 1 aromatic rings. The fourth-order valence-electron chi connectivity index (χ4n) is 2.78. The number of aliphatic hydroxyl groups is 2. The lowest BCUT2D eigenvalue weighted by atomic mass is 10.0. The van der Waals surface area contributed by atoms with Gasteiger partial charge in [0.1, 0.15) is 30.5 Å². The minimum atomic E-state index is -1.08. The summed E-state index contributed by atoms with van der Waals surface area (Å²) in [7, 11) is 0. The molecule has 0 bridgehead atoms. The Bertz CT molecular complexity index is 712. The highest BCUT2D eigenvalue weighted by molar-refractivity contribution is 5.89. The zero-order valence-corrected chi connectivity index (χ0v) is 14.1. The van der Waals surface area contributed by atoms with Gasteiger partial charge in [0.2, 0.25) is 0 Å². The molecule has 7 nitrogen and oxygen atoms in total. The molecule has 26 heavy (non-hydrogen) atoms. The number of esters is 2. The van der Waals surface area contributed by atoms with E-state index in [2.05, 4.69) is 0 Å². The van der Waals surface area contributed by atoms with Crippen LogP contribution in [0, 0.1) is 0 Å². The van der Waals surface area contributed by atoms with Crippen LogP contribution in [0.1, 0.15) is 17.3 Å². The quantitative estimate of drug-likeness (QED) is 0.590. The van der Waals surface area contributed by atoms with Crippen LogP contribution < -0.4 is 0 Å². The van der Waals surface area contributed by atoms with Gasteiger partial charge in [-0.15, -0.1) is 0 Å². The van der Waals surface area contributed by atoms with Gasteiger partial charge < -0.3 is 24.4 Å². The first kappa shape index (κ1) is 18.3. The summed E-state index contributed by atoms with van der Waals surface area (Å²) in [6.07, 6.45) is 0.690. The molecular formula is C19H20O7. The van der Waals surface area contributed by atoms with Crippen LogP contribution in [0.4, 0.5) is 0 Å². The number of carbonyl (C=O) groups is 2. The van der Waals surface area contributed by atoms with Crippen molar-refractivity contribution in [1.29, 1.82) is 0 Å². The monoisotopic (exact) mass is 360 g/mol. The number of aliphatic hydroxyl groups excluding tert-OH is 2. The zero-order valence-electron chi connectivity index (χ0n) is 14.1. The molecule has 6 atom stereocenters. The second-order valence-electron chi connectivity index (χ2n) is 6.17. The molecule has 3 rings (SSSR count). The summed E-state index contributed by atoms with van der Waals surface area (Å²) >= 11 is 0. The number of rotatable bonds is 5. The third-order valence-corrected chi connectivity index (χ3v) is 4.27. The fraction of sp³-hybridized carbons (Fsp3) is 0.368. The van der Waals surface area contributed by atoms with Gasteiger partial charge in [0.05, 0.1) is 5.56 Å². The second kappa shape index (κ2) is 7.82. The average Bonchev–Trinajstić information content (AvgIpc) is 2.95. The lowest BCUT2D eigenvalue weighted by molar-refractivity contribution is -0.150. The molecule has 0 spiro atoms. The first-order valence-electron chi connectivity index (χ1n) is 8.30. The topological polar surface area (TPSA) is 102 Å². The van der Waals surface area contributed by atoms with Gasteiger partial charge in [-0.3, -0.25) is 0 Å². The van der Waals surface area contributed by atoms with E-state index in [0.29, 0.717) is 5.56 Å². The van der Waals surface area contributed by atoms with Crippen LogP contribution in [0.3, 0.4) is 0 Å². The van der Waals surface area contributed by atoms with Gasteiger partial charge in [-0.25, -0.2) is 9.59 Å². The van der Waals surface area contributed by atoms with Crippen molar-refractivity contribution in [3.05, 3.63) is 60.2 Å². The molecule has 0 aliphatic carbocycles. The maximum Gasteiger partial charge on any atom is 0.338 e. The van der Waals surface area contributed by atoms with Gasteiger partial charge in [-0.2, -0.15) is 0 Å². The fourth-order valence-corrected chi connectivity index (χ4v) is 2.78. The Morgan fingerprint density at radius 1 is 1.31 bits per heavy atom. The number of hydrogen-bond acceptors (Lipinski definition) is 7. The van der Waals surface area contributed by atoms with Crippen molar-refractivity contribution in [1.82, 2.24) is 0 Å². The maximum atomic E-state index is 12.0. The molecule has 2 heterocycles. The van der Waals surface area contributed by atoms with E-state index in [1.165, 1.54) is 24.3 Å². The Hall–Kier alpha value is -2.48. The standard InChI is InChI=1S/C19H20O7/c1-11(24-19(23)12-5-3-2-4-6-12)13(20)7-8-14-17(22)18-15(25-14)9-10-16(21)26-18/h2-11,13-15,17-18,20,22H,1H3/t11-,13+,14+,15-,17-,18+/m1/s1. The lowest BCUT2D eigenvalue weighted by Crippen LogP contribution is -2.37. The summed E-state index contributed by atoms with van der Waals surface area (Å²) in [4.78, 5) is 23.2. The van der Waals surface area contributed by atoms with Crippen molar-refractivity contribution in [2.75, 3.05) is 0 Å². The van der Waals surface area contributed by atoms with Crippen molar-refractivity contribution in [2.45, 2.75) is 43.5 Å². The third kappa shape index (κ3) is 4.01. The van der Waals surface area contributed by atoms with E-state index in [-0.39, 0.29) is 0 Å². The van der Waals surface area contributed by atoms with Crippen molar-refractivity contribution < 1.29 is 34.0 Å². The normalized spacial score (nSPS) is 29.9. The highest BCUT2D eigenvalue weighted by Gasteiger charge is 2.45. The van der Waals surface area contributed by atoms with Crippen LogP contribution in [0.25, 0.3) is 0 Å². The maximum absolute atomic E-state index is 12.0. The van der Waals surface area contributed by atoms with E-state index in [0.717, 1.165) is 0 Å². The van der Waals surface area contributed by atoms with E-state index in [1.807, 2.05) is 0 Å². The number of carbonyl (C=O) groups excluding carboxylic acids is 2. The lowest BCUT2D eigenvalue weighted by Gasteiger charge is -2.20. The van der Waals surface area contributed by atoms with Gasteiger partial charge in [-0.05, 0) is 25.1 Å². The Morgan fingerprint density at radius 3 is 2.77 bits per heavy atom. The molecule has 0 unspecified atom stereocenters. The van der Waals surface area contributed by atoms with E-state index in [4.69, 9.17) is 14.2 Å². The van der Waals surface area contributed by atoms with Crippen LogP contribution in [0.2, 0.25) is 0 Å². The third-order valence-electron chi connectivity index (χ3n) is 4.27. The second-order valence-corrected chi connectivity index (χ2v) is 6.17. The highest BCUT2D eigenvalue weighted by atomic mass is 16.6. The summed E-state index contributed by atoms with van der Waals surface area (Å²) in [6.45, 7) is 1.56. The van der Waals surface area contributed by atoms with Gasteiger partial charge in [0.25, 0.3) is 0 Å². The molecule has 2 aliphatic heterocycles. The van der Waals surface area contributed by atoms with Crippen LogP contribution in [0.15, 0.2) is 54.6 Å². The number of ether oxygens (including phenoxy) is 3. The first-order chi connectivity index (χ1) is 12.5. The minimum absolute atomic E-state index is 0.391. The number of hydrogen-bond donors (Lipinski definition) is 2. The number of benzene rings is 1. The predicted molar refractivity (Wildman–Crippen MR) is 90.2 cm³/mol. The van der Waals surface area contributed by atoms with E-state index in [1.54, 1.807) is 37.3 Å². The Kier molecular flexibility index (Phi) is 5.51. The Morgan fingerprint density at radius 2 is 2.04 bits per heavy atom. The van der Waals surface area contributed by atoms with Crippen molar-refractivity contribution in [3.63, 3.8) is 0 Å². The molecule has 138 valence electrons.